The summed E-state index contributed by atoms with van der Waals surface area (Å²) in [5, 5.41) is 0.0877. The van der Waals surface area contributed by atoms with Crippen molar-refractivity contribution in [1.82, 2.24) is 4.98 Å². The van der Waals surface area contributed by atoms with Gasteiger partial charge in [0.15, 0.2) is 0 Å². The van der Waals surface area contributed by atoms with Gasteiger partial charge in [0.1, 0.15) is 0 Å². The minimum atomic E-state index is -2.49. The molecular formula is C10H16BNO3S. The first-order chi connectivity index (χ1) is 8.50. The molecule has 2 heterocycles. The molecule has 0 bridgehead atoms. The maximum absolute atomic E-state index is 7.03. The second-order valence-corrected chi connectivity index (χ2v) is 5.74. The summed E-state index contributed by atoms with van der Waals surface area (Å²) in [5.41, 5.74) is -0.876. The van der Waals surface area contributed by atoms with E-state index in [1.54, 1.807) is 0 Å². The highest BCUT2D eigenvalue weighted by Gasteiger charge is 2.52. The molecule has 1 fully saturated rings. The van der Waals surface area contributed by atoms with Gasteiger partial charge in [-0.2, -0.15) is 0 Å². The number of rotatable bonds is 2. The normalized spacial score (nSPS) is 26.0. The van der Waals surface area contributed by atoms with E-state index in [-0.39, 0.29) is 5.19 Å². The Labute approximate surface area is 104 Å². The molecule has 1 aliphatic rings. The van der Waals surface area contributed by atoms with E-state index in [1.807, 2.05) is 27.7 Å². The van der Waals surface area contributed by atoms with Crippen LogP contribution in [-0.2, 0) is 9.31 Å². The smallest absolute Gasteiger partial charge is 0.473 e. The zero-order chi connectivity index (χ0) is 14.5. The van der Waals surface area contributed by atoms with Gasteiger partial charge in [-0.15, -0.1) is 0 Å². The number of thiazole rings is 1. The number of ether oxygens (including phenoxy) is 1. The standard InChI is InChI=1S/C10H16BNO3S/c1-9(2)10(3,4)15-11(14-9)7-6-12-8(13-5)16-7/h6H,1-5H3/i5D3. The molecule has 0 aliphatic carbocycles. The molecule has 0 atom stereocenters. The maximum atomic E-state index is 7.03. The molecule has 6 heteroatoms. The summed E-state index contributed by atoms with van der Waals surface area (Å²) in [7, 11) is -3.04. The first-order valence-corrected chi connectivity index (χ1v) is 5.82. The average molecular weight is 244 g/mol. The summed E-state index contributed by atoms with van der Waals surface area (Å²) in [6, 6.07) is 0. The Morgan fingerprint density at radius 3 is 2.56 bits per heavy atom. The van der Waals surface area contributed by atoms with Crippen molar-refractivity contribution in [1.29, 1.82) is 0 Å². The Balaban J connectivity index is 2.13. The number of hydrogen-bond donors (Lipinski definition) is 0. The summed E-state index contributed by atoms with van der Waals surface area (Å²) in [4.78, 5) is 3.92. The molecule has 88 valence electrons. The fourth-order valence-electron chi connectivity index (χ4n) is 1.39. The molecule has 0 radical (unpaired) electrons. The van der Waals surface area contributed by atoms with Crippen LogP contribution in [-0.4, -0.2) is 30.3 Å². The molecule has 0 amide bonds. The van der Waals surface area contributed by atoms with Crippen molar-refractivity contribution in [3.63, 3.8) is 0 Å². The minimum absolute atomic E-state index is 0.0877. The van der Waals surface area contributed by atoms with Crippen LogP contribution >= 0.6 is 11.3 Å². The summed E-state index contributed by atoms with van der Waals surface area (Å²) >= 11 is 1.12. The van der Waals surface area contributed by atoms with Crippen LogP contribution in [0.2, 0.25) is 0 Å². The maximum Gasteiger partial charge on any atom is 0.507 e. The molecule has 1 aromatic heterocycles. The predicted octanol–water partition coefficient (Wildman–Crippen LogP) is 1.45. The monoisotopic (exact) mass is 244 g/mol. The molecule has 0 aromatic carbocycles. The van der Waals surface area contributed by atoms with Gasteiger partial charge in [-0.1, -0.05) is 11.3 Å². The van der Waals surface area contributed by atoms with Gasteiger partial charge < -0.3 is 14.0 Å². The molecule has 1 aromatic rings. The summed E-state index contributed by atoms with van der Waals surface area (Å²) < 4.78 is 38.2. The topological polar surface area (TPSA) is 40.6 Å². The summed E-state index contributed by atoms with van der Waals surface area (Å²) in [6.07, 6.45) is 1.52. The van der Waals surface area contributed by atoms with Gasteiger partial charge in [-0.25, -0.2) is 4.98 Å². The lowest BCUT2D eigenvalue weighted by Crippen LogP contribution is -2.41. The molecule has 4 nitrogen and oxygen atoms in total. The second-order valence-electron chi connectivity index (χ2n) is 4.72. The van der Waals surface area contributed by atoms with E-state index in [0.29, 0.717) is 4.78 Å². The Morgan fingerprint density at radius 2 is 2.00 bits per heavy atom. The Morgan fingerprint density at radius 1 is 1.38 bits per heavy atom. The molecule has 0 N–H and O–H groups in total. The van der Waals surface area contributed by atoms with E-state index in [0.717, 1.165) is 11.3 Å². The molecule has 2 rings (SSSR count). The molecule has 16 heavy (non-hydrogen) atoms. The van der Waals surface area contributed by atoms with Crippen LogP contribution in [0.5, 0.6) is 5.19 Å². The second kappa shape index (κ2) is 3.72. The molecule has 1 aliphatic heterocycles. The third-order valence-corrected chi connectivity index (χ3v) is 3.97. The lowest BCUT2D eigenvalue weighted by molar-refractivity contribution is 0.00578. The zero-order valence-corrected chi connectivity index (χ0v) is 10.6. The Hall–Kier alpha value is -0.585. The highest BCUT2D eigenvalue weighted by atomic mass is 32.1. The largest absolute Gasteiger partial charge is 0.507 e. The van der Waals surface area contributed by atoms with Crippen LogP contribution in [0.1, 0.15) is 31.8 Å². The minimum Gasteiger partial charge on any atom is -0.473 e. The Kier molecular flexibility index (Phi) is 1.97. The van der Waals surface area contributed by atoms with Crippen molar-refractivity contribution in [2.24, 2.45) is 0 Å². The van der Waals surface area contributed by atoms with Crippen molar-refractivity contribution in [3.8, 4) is 5.19 Å². The van der Waals surface area contributed by atoms with E-state index in [1.165, 1.54) is 6.20 Å². The zero-order valence-electron chi connectivity index (χ0n) is 12.7. The van der Waals surface area contributed by atoms with E-state index < -0.39 is 25.4 Å². The van der Waals surface area contributed by atoms with Gasteiger partial charge in [0.2, 0.25) is 0 Å². The van der Waals surface area contributed by atoms with Crippen LogP contribution in [0.4, 0.5) is 0 Å². The molecule has 0 unspecified atom stereocenters. The van der Waals surface area contributed by atoms with Gasteiger partial charge in [0, 0.05) is 6.20 Å². The number of nitrogens with zero attached hydrogens (tertiary/aromatic N) is 1. The fourth-order valence-corrected chi connectivity index (χ4v) is 2.03. The van der Waals surface area contributed by atoms with Crippen molar-refractivity contribution in [2.45, 2.75) is 38.9 Å². The van der Waals surface area contributed by atoms with Crippen LogP contribution < -0.4 is 9.51 Å². The van der Waals surface area contributed by atoms with Crippen LogP contribution in [0.25, 0.3) is 0 Å². The van der Waals surface area contributed by atoms with Gasteiger partial charge in [0.05, 0.1) is 27.1 Å². The lowest BCUT2D eigenvalue weighted by atomic mass is 9.89. The molecule has 0 saturated carbocycles. The van der Waals surface area contributed by atoms with E-state index in [9.17, 15) is 0 Å². The summed E-state index contributed by atoms with van der Waals surface area (Å²) in [6.45, 7) is 7.81. The van der Waals surface area contributed by atoms with Crippen molar-refractivity contribution in [2.75, 3.05) is 7.04 Å². The van der Waals surface area contributed by atoms with Gasteiger partial charge >= 0.3 is 7.12 Å². The number of aromatic nitrogens is 1. The Bertz CT molecular complexity index is 459. The van der Waals surface area contributed by atoms with Gasteiger partial charge in [-0.05, 0) is 27.7 Å². The third kappa shape index (κ3) is 1.85. The van der Waals surface area contributed by atoms with E-state index >= 15 is 0 Å². The molecular weight excluding hydrogens is 225 g/mol. The fraction of sp³-hybridized carbons (Fsp3) is 0.700. The van der Waals surface area contributed by atoms with E-state index in [4.69, 9.17) is 18.2 Å². The third-order valence-electron chi connectivity index (χ3n) is 3.08. The highest BCUT2D eigenvalue weighted by molar-refractivity contribution is 7.23. The molecule has 0 spiro atoms. The molecule has 1 saturated heterocycles. The lowest BCUT2D eigenvalue weighted by Gasteiger charge is -2.32. The first-order valence-electron chi connectivity index (χ1n) is 6.51. The number of hydrogen-bond acceptors (Lipinski definition) is 5. The van der Waals surface area contributed by atoms with Gasteiger partial charge in [0.25, 0.3) is 5.19 Å². The highest BCUT2D eigenvalue weighted by Crippen LogP contribution is 2.37. The SMILES string of the molecule is [2H]C([2H])([2H])Oc1ncc(B2OC(C)(C)C(C)(C)O2)s1. The predicted molar refractivity (Wildman–Crippen MR) is 64.4 cm³/mol. The van der Waals surface area contributed by atoms with Gasteiger partial charge in [-0.3, -0.25) is 0 Å². The van der Waals surface area contributed by atoms with Crippen LogP contribution in [0.15, 0.2) is 6.20 Å². The van der Waals surface area contributed by atoms with Crippen LogP contribution in [0.3, 0.4) is 0 Å². The number of methoxy groups -OCH3 is 1. The van der Waals surface area contributed by atoms with Crippen molar-refractivity contribution in [3.05, 3.63) is 6.20 Å². The quantitative estimate of drug-likeness (QED) is 0.738. The first kappa shape index (κ1) is 8.50. The average Bonchev–Trinajstić information content (AvgIpc) is 2.68. The summed E-state index contributed by atoms with van der Waals surface area (Å²) in [5.74, 6) is 0. The van der Waals surface area contributed by atoms with Crippen LogP contribution in [0, 0.1) is 0 Å². The van der Waals surface area contributed by atoms with Crippen molar-refractivity contribution < 1.29 is 18.2 Å². The van der Waals surface area contributed by atoms with Crippen molar-refractivity contribution >= 4 is 23.2 Å². The van der Waals surface area contributed by atoms with E-state index in [2.05, 4.69) is 4.98 Å².